The molecule has 0 spiro atoms. The van der Waals surface area contributed by atoms with Gasteiger partial charge in [0, 0.05) is 5.56 Å². The zero-order valence-corrected chi connectivity index (χ0v) is 18.6. The van der Waals surface area contributed by atoms with Crippen molar-refractivity contribution in [1.82, 2.24) is 5.32 Å². The fourth-order valence-electron chi connectivity index (χ4n) is 3.13. The number of halogens is 6. The largest absolute Gasteiger partial charge is 0.399 e. The zero-order chi connectivity index (χ0) is 23.0. The lowest BCUT2D eigenvalue weighted by Crippen LogP contribution is -2.35. The summed E-state index contributed by atoms with van der Waals surface area (Å²) >= 11 is 17.6. The van der Waals surface area contributed by atoms with Crippen molar-refractivity contribution >= 4 is 46.8 Å². The molecule has 1 aliphatic carbocycles. The van der Waals surface area contributed by atoms with Crippen LogP contribution in [-0.2, 0) is 0 Å². The molecule has 162 valence electrons. The van der Waals surface area contributed by atoms with Gasteiger partial charge in [0.25, 0.3) is 5.91 Å². The summed E-state index contributed by atoms with van der Waals surface area (Å²) in [5.41, 5.74) is 0.840. The van der Waals surface area contributed by atoms with Crippen molar-refractivity contribution in [3.05, 3.63) is 73.7 Å². The molecule has 1 N–H and O–H groups in total. The van der Waals surface area contributed by atoms with E-state index >= 15 is 0 Å². The van der Waals surface area contributed by atoms with E-state index in [2.05, 4.69) is 11.2 Å². The van der Waals surface area contributed by atoms with Gasteiger partial charge in [-0.1, -0.05) is 65.0 Å². The smallest absolute Gasteiger partial charge is 0.336 e. The van der Waals surface area contributed by atoms with Gasteiger partial charge in [0.05, 0.1) is 21.0 Å². The van der Waals surface area contributed by atoms with Crippen LogP contribution in [0.15, 0.2) is 36.4 Å². The second kappa shape index (κ2) is 8.78. The van der Waals surface area contributed by atoms with Crippen LogP contribution in [0.5, 0.6) is 0 Å². The average Bonchev–Trinajstić information content (AvgIpc) is 3.45. The van der Waals surface area contributed by atoms with Crippen LogP contribution in [-0.4, -0.2) is 17.6 Å². The number of allylic oxidation sites excluding steroid dienone is 1. The van der Waals surface area contributed by atoms with Crippen LogP contribution in [0.1, 0.15) is 45.8 Å². The average molecular weight is 487 g/mol. The highest BCUT2D eigenvalue weighted by Gasteiger charge is 2.42. The number of benzene rings is 2. The van der Waals surface area contributed by atoms with Gasteiger partial charge < -0.3 is 5.32 Å². The van der Waals surface area contributed by atoms with Crippen LogP contribution in [0.2, 0.25) is 15.1 Å². The van der Waals surface area contributed by atoms with Crippen LogP contribution >= 0.6 is 34.8 Å². The third-order valence-electron chi connectivity index (χ3n) is 5.07. The van der Waals surface area contributed by atoms with Gasteiger partial charge in [0.2, 0.25) is 0 Å². The number of aryl methyl sites for hydroxylation is 1. The first-order chi connectivity index (χ1) is 14.5. The van der Waals surface area contributed by atoms with Crippen LogP contribution in [0, 0.1) is 19.3 Å². The molecule has 1 fully saturated rings. The van der Waals surface area contributed by atoms with Gasteiger partial charge in [0.1, 0.15) is 5.54 Å². The summed E-state index contributed by atoms with van der Waals surface area (Å²) < 4.78 is 41.0. The van der Waals surface area contributed by atoms with Crippen LogP contribution < -0.4 is 5.32 Å². The zero-order valence-electron chi connectivity index (χ0n) is 16.3. The number of carbonyl (C=O) groups excluding carboxylic acids is 1. The second-order valence-corrected chi connectivity index (χ2v) is 8.62. The molecule has 2 aromatic rings. The Hall–Kier alpha value is -2.13. The molecule has 1 saturated carbocycles. The van der Waals surface area contributed by atoms with Gasteiger partial charge in [-0.3, -0.25) is 4.79 Å². The van der Waals surface area contributed by atoms with Crippen molar-refractivity contribution < 1.29 is 18.0 Å². The summed E-state index contributed by atoms with van der Waals surface area (Å²) in [6.45, 7) is 1.71. The summed E-state index contributed by atoms with van der Waals surface area (Å²) in [4.78, 5) is 12.5. The molecule has 0 bridgehead atoms. The molecule has 0 radical (unpaired) electrons. The molecular weight excluding hydrogens is 470 g/mol. The molecule has 31 heavy (non-hydrogen) atoms. The number of terminal acetylenes is 1. The molecular formula is C23H17Cl3F3NO. The molecule has 1 aliphatic rings. The Labute approximate surface area is 193 Å². The molecule has 3 rings (SSSR count). The van der Waals surface area contributed by atoms with Crippen LogP contribution in [0.4, 0.5) is 13.2 Å². The summed E-state index contributed by atoms with van der Waals surface area (Å²) in [6, 6.07) is 7.07. The standard InChI is InChI=1S/C23H17Cl3F3NO/c1-3-22(8-9-22)30-21(31)16-6-4-14(10-13(16)2)5-7-17(23(27,28)29)15-11-18(24)20(26)19(25)12-15/h1,4-7,10-12,17H,8-9H2,2H3,(H,30,31). The van der Waals surface area contributed by atoms with E-state index < -0.39 is 17.6 Å². The normalized spacial score (nSPS) is 16.1. The topological polar surface area (TPSA) is 29.1 Å². The Morgan fingerprint density at radius 1 is 1.19 bits per heavy atom. The third-order valence-corrected chi connectivity index (χ3v) is 6.27. The molecule has 2 nitrogen and oxygen atoms in total. The summed E-state index contributed by atoms with van der Waals surface area (Å²) in [6.07, 6.45) is 4.69. The molecule has 1 atom stereocenters. The number of nitrogens with one attached hydrogen (secondary N) is 1. The maximum atomic E-state index is 13.7. The predicted molar refractivity (Wildman–Crippen MR) is 119 cm³/mol. The summed E-state index contributed by atoms with van der Waals surface area (Å²) in [5, 5.41) is 2.71. The first-order valence-electron chi connectivity index (χ1n) is 9.26. The minimum absolute atomic E-state index is 0.000657. The molecule has 0 saturated heterocycles. The van der Waals surface area contributed by atoms with Crippen molar-refractivity contribution in [2.45, 2.75) is 37.4 Å². The Bertz CT molecular complexity index is 1080. The van der Waals surface area contributed by atoms with E-state index in [1.54, 1.807) is 25.1 Å². The van der Waals surface area contributed by atoms with E-state index in [0.717, 1.165) is 31.1 Å². The number of alkyl halides is 3. The van der Waals surface area contributed by atoms with Gasteiger partial charge in [-0.05, 0) is 54.7 Å². The van der Waals surface area contributed by atoms with Crippen molar-refractivity contribution in [3.63, 3.8) is 0 Å². The number of amides is 1. The van der Waals surface area contributed by atoms with Gasteiger partial charge >= 0.3 is 6.18 Å². The Balaban J connectivity index is 1.85. The molecule has 0 heterocycles. The van der Waals surface area contributed by atoms with Crippen molar-refractivity contribution in [2.24, 2.45) is 0 Å². The van der Waals surface area contributed by atoms with E-state index in [1.165, 1.54) is 6.08 Å². The van der Waals surface area contributed by atoms with E-state index in [4.69, 9.17) is 41.2 Å². The summed E-state index contributed by atoms with van der Waals surface area (Å²) in [5.74, 6) is 0.341. The van der Waals surface area contributed by atoms with E-state index in [1.807, 2.05) is 0 Å². The second-order valence-electron chi connectivity index (χ2n) is 7.43. The van der Waals surface area contributed by atoms with E-state index in [-0.39, 0.29) is 26.5 Å². The number of hydrogen-bond acceptors (Lipinski definition) is 1. The molecule has 0 aliphatic heterocycles. The van der Waals surface area contributed by atoms with Crippen LogP contribution in [0.25, 0.3) is 6.08 Å². The van der Waals surface area contributed by atoms with Gasteiger partial charge in [-0.25, -0.2) is 0 Å². The Kier molecular flexibility index (Phi) is 6.67. The highest BCUT2D eigenvalue weighted by Crippen LogP contribution is 2.41. The SMILES string of the molecule is C#CC1(NC(=O)c2ccc(C=CC(c3cc(Cl)c(Cl)c(Cl)c3)C(F)(F)F)cc2C)CC1. The maximum Gasteiger partial charge on any atom is 0.399 e. The highest BCUT2D eigenvalue weighted by atomic mass is 35.5. The lowest BCUT2D eigenvalue weighted by atomic mass is 9.96. The Morgan fingerprint density at radius 3 is 2.29 bits per heavy atom. The fourth-order valence-corrected chi connectivity index (χ4v) is 3.74. The third kappa shape index (κ3) is 5.38. The van der Waals surface area contributed by atoms with Crippen molar-refractivity contribution in [1.29, 1.82) is 0 Å². The molecule has 2 aromatic carbocycles. The minimum atomic E-state index is -4.57. The van der Waals surface area contributed by atoms with E-state index in [0.29, 0.717) is 16.7 Å². The number of carbonyl (C=O) groups is 1. The van der Waals surface area contributed by atoms with Gasteiger partial charge in [-0.2, -0.15) is 13.2 Å². The quantitative estimate of drug-likeness (QED) is 0.351. The lowest BCUT2D eigenvalue weighted by Gasteiger charge is -2.18. The van der Waals surface area contributed by atoms with Crippen molar-refractivity contribution in [2.75, 3.05) is 0 Å². The molecule has 8 heteroatoms. The van der Waals surface area contributed by atoms with E-state index in [9.17, 15) is 18.0 Å². The monoisotopic (exact) mass is 485 g/mol. The van der Waals surface area contributed by atoms with Crippen molar-refractivity contribution in [3.8, 4) is 12.3 Å². The lowest BCUT2D eigenvalue weighted by molar-refractivity contribution is -0.139. The molecule has 0 aromatic heterocycles. The molecule has 1 unspecified atom stereocenters. The van der Waals surface area contributed by atoms with Gasteiger partial charge in [0.15, 0.2) is 0 Å². The highest BCUT2D eigenvalue weighted by molar-refractivity contribution is 6.48. The summed E-state index contributed by atoms with van der Waals surface area (Å²) in [7, 11) is 0. The van der Waals surface area contributed by atoms with Crippen LogP contribution in [0.3, 0.4) is 0 Å². The first-order valence-corrected chi connectivity index (χ1v) is 10.4. The maximum absolute atomic E-state index is 13.7. The first kappa shape index (κ1) is 23.5. The van der Waals surface area contributed by atoms with Gasteiger partial charge in [-0.15, -0.1) is 6.42 Å². The molecule has 1 amide bonds. The number of hydrogen-bond donors (Lipinski definition) is 1. The fraction of sp³-hybridized carbons (Fsp3) is 0.261. The predicted octanol–water partition coefficient (Wildman–Crippen LogP) is 7.21. The number of rotatable bonds is 5. The Morgan fingerprint density at radius 2 is 1.81 bits per heavy atom. The minimum Gasteiger partial charge on any atom is -0.336 e.